The predicted molar refractivity (Wildman–Crippen MR) is 95.8 cm³/mol. The molecule has 2 atom stereocenters. The molecule has 0 radical (unpaired) electrons. The van der Waals surface area contributed by atoms with E-state index in [1.54, 1.807) is 0 Å². The minimum atomic E-state index is -0.211. The Balaban J connectivity index is 1.60. The quantitative estimate of drug-likeness (QED) is 0.873. The van der Waals surface area contributed by atoms with Crippen molar-refractivity contribution in [1.82, 2.24) is 10.3 Å². The summed E-state index contributed by atoms with van der Waals surface area (Å²) < 4.78 is 11.0. The summed E-state index contributed by atoms with van der Waals surface area (Å²) in [5, 5.41) is 3.00. The zero-order valence-corrected chi connectivity index (χ0v) is 15.0. The van der Waals surface area contributed by atoms with E-state index in [1.807, 2.05) is 21.0 Å². The molecule has 2 aromatic rings. The van der Waals surface area contributed by atoms with E-state index < -0.39 is 0 Å². The number of rotatable bonds is 6. The van der Waals surface area contributed by atoms with Crippen LogP contribution in [0.2, 0.25) is 0 Å². The highest BCUT2D eigenvalue weighted by molar-refractivity contribution is 5.93. The Hall–Kier alpha value is -2.34. The summed E-state index contributed by atoms with van der Waals surface area (Å²) in [6.07, 6.45) is 3.76. The number of benzene rings is 1. The number of oxazole rings is 1. The van der Waals surface area contributed by atoms with Gasteiger partial charge in [-0.2, -0.15) is 0 Å². The van der Waals surface area contributed by atoms with Crippen molar-refractivity contribution in [2.24, 2.45) is 0 Å². The molecule has 1 fully saturated rings. The zero-order chi connectivity index (χ0) is 17.8. The monoisotopic (exact) mass is 343 g/mol. The Labute approximate surface area is 148 Å². The van der Waals surface area contributed by atoms with Crippen molar-refractivity contribution in [3.05, 3.63) is 47.7 Å². The van der Waals surface area contributed by atoms with E-state index in [0.29, 0.717) is 18.1 Å². The van der Waals surface area contributed by atoms with E-state index in [1.165, 1.54) is 12.0 Å². The summed E-state index contributed by atoms with van der Waals surface area (Å²) >= 11 is 0. The molecule has 2 unspecified atom stereocenters. The molecule has 1 saturated heterocycles. The van der Waals surface area contributed by atoms with Gasteiger partial charge in [0.2, 0.25) is 0 Å². The molecule has 3 rings (SSSR count). The van der Waals surface area contributed by atoms with E-state index >= 15 is 0 Å². The number of aromatic nitrogens is 1. The highest BCUT2D eigenvalue weighted by atomic mass is 16.5. The molecule has 1 amide bonds. The molecule has 2 heterocycles. The highest BCUT2D eigenvalue weighted by Crippen LogP contribution is 2.30. The van der Waals surface area contributed by atoms with Crippen LogP contribution in [0.3, 0.4) is 0 Å². The largest absolute Gasteiger partial charge is 0.445 e. The third kappa shape index (κ3) is 4.20. The average molecular weight is 343 g/mol. The Morgan fingerprint density at radius 2 is 2.12 bits per heavy atom. The second-order valence-electron chi connectivity index (χ2n) is 6.71. The van der Waals surface area contributed by atoms with Crippen molar-refractivity contribution < 1.29 is 13.9 Å². The number of amides is 1. The van der Waals surface area contributed by atoms with Crippen molar-refractivity contribution in [3.8, 4) is 0 Å². The molecule has 1 aromatic heterocycles. The van der Waals surface area contributed by atoms with Gasteiger partial charge < -0.3 is 19.4 Å². The summed E-state index contributed by atoms with van der Waals surface area (Å²) in [6.45, 7) is 2.69. The molecule has 25 heavy (non-hydrogen) atoms. The van der Waals surface area contributed by atoms with Gasteiger partial charge in [-0.25, -0.2) is 4.98 Å². The molecule has 6 nitrogen and oxygen atoms in total. The van der Waals surface area contributed by atoms with E-state index in [4.69, 9.17) is 9.15 Å². The van der Waals surface area contributed by atoms with E-state index in [2.05, 4.69) is 39.5 Å². The van der Waals surface area contributed by atoms with Gasteiger partial charge in [0.15, 0.2) is 17.8 Å². The van der Waals surface area contributed by atoms with Gasteiger partial charge in [0.05, 0.1) is 0 Å². The van der Waals surface area contributed by atoms with Crippen LogP contribution < -0.4 is 10.2 Å². The first kappa shape index (κ1) is 17.5. The molecule has 0 bridgehead atoms. The van der Waals surface area contributed by atoms with Crippen LogP contribution in [0.1, 0.15) is 47.7 Å². The van der Waals surface area contributed by atoms with Crippen molar-refractivity contribution in [3.63, 3.8) is 0 Å². The molecule has 1 N–H and O–H groups in total. The lowest BCUT2D eigenvalue weighted by Gasteiger charge is -2.16. The predicted octanol–water partition coefficient (Wildman–Crippen LogP) is 2.95. The normalized spacial score (nSPS) is 18.1. The maximum atomic E-state index is 12.5. The lowest BCUT2D eigenvalue weighted by Crippen LogP contribution is -2.35. The SMILES string of the molecule is CC(Cc1ccc(N(C)C)cc1)NC(=O)c1ncoc1C1CCCO1. The van der Waals surface area contributed by atoms with Crippen LogP contribution in [0.25, 0.3) is 0 Å². The number of hydrogen-bond donors (Lipinski definition) is 1. The third-order valence-corrected chi connectivity index (χ3v) is 4.40. The van der Waals surface area contributed by atoms with Gasteiger partial charge in [0.25, 0.3) is 5.91 Å². The fourth-order valence-electron chi connectivity index (χ4n) is 3.07. The first-order chi connectivity index (χ1) is 12.0. The Bertz CT molecular complexity index is 703. The summed E-state index contributed by atoms with van der Waals surface area (Å²) in [7, 11) is 4.03. The Kier molecular flexibility index (Phi) is 5.38. The van der Waals surface area contributed by atoms with Gasteiger partial charge in [-0.1, -0.05) is 12.1 Å². The van der Waals surface area contributed by atoms with Gasteiger partial charge in [-0.15, -0.1) is 0 Å². The number of hydrogen-bond acceptors (Lipinski definition) is 5. The molecule has 6 heteroatoms. The molecule has 0 aliphatic carbocycles. The molecule has 1 aliphatic rings. The molecular formula is C19H25N3O3. The van der Waals surface area contributed by atoms with Crippen LogP contribution in [0.15, 0.2) is 35.1 Å². The topological polar surface area (TPSA) is 67.6 Å². The number of nitrogens with one attached hydrogen (secondary N) is 1. The third-order valence-electron chi connectivity index (χ3n) is 4.40. The molecular weight excluding hydrogens is 318 g/mol. The maximum Gasteiger partial charge on any atom is 0.273 e. The summed E-state index contributed by atoms with van der Waals surface area (Å²) in [5.41, 5.74) is 2.67. The first-order valence-electron chi connectivity index (χ1n) is 8.66. The first-order valence-corrected chi connectivity index (χ1v) is 8.66. The number of anilines is 1. The van der Waals surface area contributed by atoms with Crippen LogP contribution in [0, 0.1) is 0 Å². The second-order valence-corrected chi connectivity index (χ2v) is 6.71. The minimum absolute atomic E-state index is 0.00764. The van der Waals surface area contributed by atoms with Gasteiger partial charge in [-0.3, -0.25) is 4.79 Å². The fourth-order valence-corrected chi connectivity index (χ4v) is 3.07. The average Bonchev–Trinajstić information content (AvgIpc) is 3.26. The highest BCUT2D eigenvalue weighted by Gasteiger charge is 2.28. The lowest BCUT2D eigenvalue weighted by atomic mass is 10.1. The van der Waals surface area contributed by atoms with Crippen LogP contribution in [-0.2, 0) is 11.2 Å². The summed E-state index contributed by atoms with van der Waals surface area (Å²) in [6, 6.07) is 8.33. The Morgan fingerprint density at radius 3 is 2.76 bits per heavy atom. The smallest absolute Gasteiger partial charge is 0.273 e. The molecule has 1 aromatic carbocycles. The number of carbonyl (C=O) groups is 1. The van der Waals surface area contributed by atoms with E-state index in [-0.39, 0.29) is 18.1 Å². The molecule has 0 saturated carbocycles. The molecule has 0 spiro atoms. The van der Waals surface area contributed by atoms with Crippen molar-refractivity contribution in [2.75, 3.05) is 25.6 Å². The van der Waals surface area contributed by atoms with E-state index in [0.717, 1.165) is 24.9 Å². The van der Waals surface area contributed by atoms with Crippen molar-refractivity contribution >= 4 is 11.6 Å². The fraction of sp³-hybridized carbons (Fsp3) is 0.474. The standard InChI is InChI=1S/C19H25N3O3/c1-13(11-14-6-8-15(9-7-14)22(2)3)21-19(23)17-18(25-12-20-17)16-5-4-10-24-16/h6-9,12-13,16H,4-5,10-11H2,1-3H3,(H,21,23). The Morgan fingerprint density at radius 1 is 1.36 bits per heavy atom. The molecule has 1 aliphatic heterocycles. The van der Waals surface area contributed by atoms with Crippen molar-refractivity contribution in [1.29, 1.82) is 0 Å². The van der Waals surface area contributed by atoms with Crippen molar-refractivity contribution in [2.45, 2.75) is 38.3 Å². The van der Waals surface area contributed by atoms with Crippen LogP contribution in [0.4, 0.5) is 5.69 Å². The van der Waals surface area contributed by atoms with Gasteiger partial charge >= 0.3 is 0 Å². The van der Waals surface area contributed by atoms with Crippen LogP contribution in [0.5, 0.6) is 0 Å². The number of ether oxygens (including phenoxy) is 1. The van der Waals surface area contributed by atoms with E-state index in [9.17, 15) is 4.79 Å². The lowest BCUT2D eigenvalue weighted by molar-refractivity contribution is 0.0854. The zero-order valence-electron chi connectivity index (χ0n) is 15.0. The number of carbonyl (C=O) groups excluding carboxylic acids is 1. The molecule has 134 valence electrons. The van der Waals surface area contributed by atoms with Crippen LogP contribution in [-0.4, -0.2) is 37.6 Å². The summed E-state index contributed by atoms with van der Waals surface area (Å²) in [5.74, 6) is 0.328. The number of nitrogens with zero attached hydrogens (tertiary/aromatic N) is 2. The minimum Gasteiger partial charge on any atom is -0.445 e. The van der Waals surface area contributed by atoms with Gasteiger partial charge in [-0.05, 0) is 43.9 Å². The van der Waals surface area contributed by atoms with Crippen LogP contribution >= 0.6 is 0 Å². The van der Waals surface area contributed by atoms with Gasteiger partial charge in [0.1, 0.15) is 6.10 Å². The maximum absolute atomic E-state index is 12.5. The van der Waals surface area contributed by atoms with Gasteiger partial charge in [0, 0.05) is 32.4 Å². The summed E-state index contributed by atoms with van der Waals surface area (Å²) in [4.78, 5) is 18.7. The second kappa shape index (κ2) is 7.70.